The summed E-state index contributed by atoms with van der Waals surface area (Å²) in [6.07, 6.45) is 1.38. The molecule has 1 aromatic carbocycles. The monoisotopic (exact) mass is 273 g/mol. The Balaban J connectivity index is 2.54. The minimum absolute atomic E-state index is 0.0469. The molecular weight excluding hydrogens is 256 g/mol. The van der Waals surface area contributed by atoms with E-state index in [1.807, 2.05) is 13.8 Å². The van der Waals surface area contributed by atoms with Crippen molar-refractivity contribution < 1.29 is 13.0 Å². The highest BCUT2D eigenvalue weighted by Crippen LogP contribution is 2.33. The van der Waals surface area contributed by atoms with E-state index in [9.17, 15) is 13.0 Å². The first kappa shape index (κ1) is 13.6. The minimum Gasteiger partial charge on any atom is -0.308 e. The van der Waals surface area contributed by atoms with Gasteiger partial charge < -0.3 is 5.32 Å². The predicted molar refractivity (Wildman–Crippen MR) is 67.9 cm³/mol. The molecule has 2 unspecified atom stereocenters. The fourth-order valence-corrected chi connectivity index (χ4v) is 3.74. The van der Waals surface area contributed by atoms with Crippen molar-refractivity contribution in [3.05, 3.63) is 29.3 Å². The van der Waals surface area contributed by atoms with Crippen molar-refractivity contribution in [3.63, 3.8) is 0 Å². The van der Waals surface area contributed by atoms with E-state index in [4.69, 9.17) is 0 Å². The smallest absolute Gasteiger partial charge is 0.139 e. The molecule has 2 nitrogen and oxygen atoms in total. The SMILES string of the molecule is CC(C)NC1CCCS(=O)c2c(F)ccc(F)c21. The standard InChI is InChI=1S/C13H17F2NOS/c1-8(2)16-11-4-3-7-18(17)13-10(15)6-5-9(14)12(11)13/h5-6,8,11,16H,3-4,7H2,1-2H3. The quantitative estimate of drug-likeness (QED) is 0.897. The van der Waals surface area contributed by atoms with E-state index in [1.165, 1.54) is 0 Å². The van der Waals surface area contributed by atoms with Gasteiger partial charge in [-0.15, -0.1) is 0 Å². The van der Waals surface area contributed by atoms with E-state index in [0.29, 0.717) is 18.6 Å². The lowest BCUT2D eigenvalue weighted by Crippen LogP contribution is -2.29. The van der Waals surface area contributed by atoms with Crippen LogP contribution >= 0.6 is 0 Å². The minimum atomic E-state index is -1.44. The number of halogens is 2. The summed E-state index contributed by atoms with van der Waals surface area (Å²) in [6.45, 7) is 3.91. The number of fused-ring (bicyclic) bond motifs is 1. The summed E-state index contributed by atoms with van der Waals surface area (Å²) >= 11 is 0. The van der Waals surface area contributed by atoms with Crippen LogP contribution in [0.4, 0.5) is 8.78 Å². The third-order valence-electron chi connectivity index (χ3n) is 3.03. The second-order valence-corrected chi connectivity index (χ2v) is 6.35. The molecule has 0 saturated carbocycles. The summed E-state index contributed by atoms with van der Waals surface area (Å²) in [5.74, 6) is -0.647. The molecule has 1 aliphatic rings. The molecule has 1 aromatic rings. The largest absolute Gasteiger partial charge is 0.308 e. The van der Waals surface area contributed by atoms with E-state index >= 15 is 0 Å². The van der Waals surface area contributed by atoms with E-state index in [1.54, 1.807) is 0 Å². The summed E-state index contributed by atoms with van der Waals surface area (Å²) in [4.78, 5) is 0.0469. The third kappa shape index (κ3) is 2.62. The van der Waals surface area contributed by atoms with Crippen LogP contribution in [0.3, 0.4) is 0 Å². The van der Waals surface area contributed by atoms with Gasteiger partial charge in [0.2, 0.25) is 0 Å². The average Bonchev–Trinajstić information content (AvgIpc) is 2.44. The van der Waals surface area contributed by atoms with Crippen molar-refractivity contribution in [3.8, 4) is 0 Å². The van der Waals surface area contributed by atoms with Gasteiger partial charge in [0.05, 0.1) is 15.7 Å². The van der Waals surface area contributed by atoms with Crippen LogP contribution in [0.5, 0.6) is 0 Å². The van der Waals surface area contributed by atoms with Crippen molar-refractivity contribution >= 4 is 10.8 Å². The topological polar surface area (TPSA) is 29.1 Å². The molecule has 0 fully saturated rings. The van der Waals surface area contributed by atoms with E-state index in [0.717, 1.165) is 12.1 Å². The Bertz CT molecular complexity index is 476. The maximum absolute atomic E-state index is 14.0. The highest BCUT2D eigenvalue weighted by atomic mass is 32.2. The van der Waals surface area contributed by atoms with Crippen LogP contribution in [-0.2, 0) is 10.8 Å². The van der Waals surface area contributed by atoms with Crippen LogP contribution in [0.15, 0.2) is 17.0 Å². The lowest BCUT2D eigenvalue weighted by molar-refractivity contribution is 0.424. The summed E-state index contributed by atoms with van der Waals surface area (Å²) in [5, 5.41) is 3.23. The molecule has 0 radical (unpaired) electrons. The van der Waals surface area contributed by atoms with Crippen LogP contribution < -0.4 is 5.32 Å². The molecular formula is C13H17F2NOS. The van der Waals surface area contributed by atoms with E-state index in [-0.39, 0.29) is 22.5 Å². The molecule has 0 bridgehead atoms. The fourth-order valence-electron chi connectivity index (χ4n) is 2.34. The highest BCUT2D eigenvalue weighted by Gasteiger charge is 2.28. The van der Waals surface area contributed by atoms with Crippen LogP contribution in [0.2, 0.25) is 0 Å². The van der Waals surface area contributed by atoms with Gasteiger partial charge in [0.1, 0.15) is 11.6 Å². The van der Waals surface area contributed by atoms with Crippen molar-refractivity contribution in [2.75, 3.05) is 5.75 Å². The van der Waals surface area contributed by atoms with Gasteiger partial charge in [-0.05, 0) is 25.0 Å². The second kappa shape index (κ2) is 5.45. The fraction of sp³-hybridized carbons (Fsp3) is 0.538. The van der Waals surface area contributed by atoms with Gasteiger partial charge in [0.25, 0.3) is 0 Å². The molecule has 0 spiro atoms. The molecule has 1 heterocycles. The van der Waals surface area contributed by atoms with Gasteiger partial charge in [-0.2, -0.15) is 0 Å². The molecule has 0 aromatic heterocycles. The number of nitrogens with one attached hydrogen (secondary N) is 1. The molecule has 2 rings (SSSR count). The Labute approximate surface area is 108 Å². The Morgan fingerprint density at radius 1 is 1.33 bits per heavy atom. The van der Waals surface area contributed by atoms with E-state index in [2.05, 4.69) is 5.32 Å². The van der Waals surface area contributed by atoms with E-state index < -0.39 is 22.4 Å². The molecule has 0 aliphatic carbocycles. The maximum atomic E-state index is 14.0. The first-order chi connectivity index (χ1) is 8.50. The average molecular weight is 273 g/mol. The predicted octanol–water partition coefficient (Wildman–Crippen LogP) is 2.91. The number of rotatable bonds is 2. The molecule has 18 heavy (non-hydrogen) atoms. The van der Waals surface area contributed by atoms with Crippen molar-refractivity contribution in [1.29, 1.82) is 0 Å². The van der Waals surface area contributed by atoms with Gasteiger partial charge >= 0.3 is 0 Å². The molecule has 0 amide bonds. The first-order valence-electron chi connectivity index (χ1n) is 6.13. The normalized spacial score (nSPS) is 23.8. The van der Waals surface area contributed by atoms with Crippen LogP contribution in [0.25, 0.3) is 0 Å². The number of hydrogen-bond donors (Lipinski definition) is 1. The Hall–Kier alpha value is -0.810. The number of hydrogen-bond acceptors (Lipinski definition) is 2. The van der Waals surface area contributed by atoms with Crippen LogP contribution in [0.1, 0.15) is 38.3 Å². The second-order valence-electron chi connectivity index (χ2n) is 4.84. The Kier molecular flexibility index (Phi) is 4.12. The zero-order chi connectivity index (χ0) is 13.3. The molecule has 5 heteroatoms. The van der Waals surface area contributed by atoms with Crippen LogP contribution in [0, 0.1) is 11.6 Å². The van der Waals surface area contributed by atoms with Crippen LogP contribution in [-0.4, -0.2) is 16.0 Å². The first-order valence-corrected chi connectivity index (χ1v) is 7.45. The molecule has 100 valence electrons. The van der Waals surface area contributed by atoms with Gasteiger partial charge in [-0.25, -0.2) is 8.78 Å². The van der Waals surface area contributed by atoms with Gasteiger partial charge in [0.15, 0.2) is 0 Å². The summed E-state index contributed by atoms with van der Waals surface area (Å²) in [6, 6.07) is 2.08. The highest BCUT2D eigenvalue weighted by molar-refractivity contribution is 7.85. The summed E-state index contributed by atoms with van der Waals surface area (Å²) < 4.78 is 39.8. The van der Waals surface area contributed by atoms with Gasteiger partial charge in [-0.3, -0.25) is 4.21 Å². The molecule has 2 atom stereocenters. The Morgan fingerprint density at radius 2 is 2.00 bits per heavy atom. The molecule has 0 saturated heterocycles. The number of benzene rings is 1. The third-order valence-corrected chi connectivity index (χ3v) is 4.56. The van der Waals surface area contributed by atoms with Crippen molar-refractivity contribution in [1.82, 2.24) is 5.32 Å². The maximum Gasteiger partial charge on any atom is 0.139 e. The molecule has 1 N–H and O–H groups in total. The van der Waals surface area contributed by atoms with Gasteiger partial charge in [0, 0.05) is 23.4 Å². The summed E-state index contributed by atoms with van der Waals surface area (Å²) in [7, 11) is -1.44. The van der Waals surface area contributed by atoms with Gasteiger partial charge in [-0.1, -0.05) is 13.8 Å². The lowest BCUT2D eigenvalue weighted by Gasteiger charge is -2.22. The van der Waals surface area contributed by atoms with Crippen molar-refractivity contribution in [2.45, 2.75) is 43.7 Å². The molecule has 1 aliphatic heterocycles. The van der Waals surface area contributed by atoms with Crippen molar-refractivity contribution in [2.24, 2.45) is 0 Å². The Morgan fingerprint density at radius 3 is 2.67 bits per heavy atom. The lowest BCUT2D eigenvalue weighted by atomic mass is 10.0. The summed E-state index contributed by atoms with van der Waals surface area (Å²) in [5.41, 5.74) is 0.250. The zero-order valence-corrected chi connectivity index (χ0v) is 11.3. The zero-order valence-electron chi connectivity index (χ0n) is 10.5.